The number of benzene rings is 2. The average Bonchev–Trinajstić information content (AvgIpc) is 3.13. The Morgan fingerprint density at radius 3 is 2.68 bits per heavy atom. The molecule has 2 aromatic rings. The van der Waals surface area contributed by atoms with Crippen LogP contribution >= 0.6 is 0 Å². The molecular weight excluding hydrogens is 385 g/mol. The minimum Gasteiger partial charge on any atom is -0.365 e. The lowest BCUT2D eigenvalue weighted by molar-refractivity contribution is -0.384. The summed E-state index contributed by atoms with van der Waals surface area (Å²) < 4.78 is 41.5. The molecule has 0 spiro atoms. The first-order valence-corrected chi connectivity index (χ1v) is 10.7. The number of nitrogens with zero attached hydrogens (tertiary/aromatic N) is 3. The molecule has 0 aliphatic carbocycles. The topological polar surface area (TPSA) is 83.8 Å². The number of nitro benzene ring substituents is 1. The van der Waals surface area contributed by atoms with Crippen molar-refractivity contribution in [3.8, 4) is 0 Å². The van der Waals surface area contributed by atoms with Crippen LogP contribution in [0.1, 0.15) is 18.4 Å². The van der Waals surface area contributed by atoms with Crippen LogP contribution in [0.25, 0.3) is 0 Å². The van der Waals surface area contributed by atoms with E-state index < -0.39 is 26.0 Å². The Labute approximate surface area is 162 Å². The van der Waals surface area contributed by atoms with Crippen molar-refractivity contribution < 1.29 is 17.7 Å². The van der Waals surface area contributed by atoms with Gasteiger partial charge in [-0.25, -0.2) is 12.8 Å². The van der Waals surface area contributed by atoms with E-state index in [-0.39, 0.29) is 17.9 Å². The molecule has 0 amide bonds. The maximum Gasteiger partial charge on any atom is 0.295 e. The van der Waals surface area contributed by atoms with E-state index in [1.807, 2.05) is 24.3 Å². The maximum atomic E-state index is 13.5. The van der Waals surface area contributed by atoms with Crippen LogP contribution in [-0.2, 0) is 16.4 Å². The van der Waals surface area contributed by atoms with Gasteiger partial charge in [0, 0.05) is 19.6 Å². The van der Waals surface area contributed by atoms with Crippen molar-refractivity contribution in [3.63, 3.8) is 0 Å². The summed E-state index contributed by atoms with van der Waals surface area (Å²) in [6.07, 6.45) is 1.76. The minimum absolute atomic E-state index is 0.146. The molecule has 0 saturated carbocycles. The third-order valence-corrected chi connectivity index (χ3v) is 7.65. The van der Waals surface area contributed by atoms with Crippen molar-refractivity contribution in [3.05, 3.63) is 64.0 Å². The zero-order valence-electron chi connectivity index (χ0n) is 15.1. The van der Waals surface area contributed by atoms with Crippen LogP contribution in [0, 0.1) is 15.9 Å². The molecule has 1 atom stereocenters. The first kappa shape index (κ1) is 18.7. The number of fused-ring (bicyclic) bond motifs is 1. The van der Waals surface area contributed by atoms with Gasteiger partial charge in [-0.2, -0.15) is 0 Å². The van der Waals surface area contributed by atoms with Crippen molar-refractivity contribution in [2.24, 2.45) is 0 Å². The second-order valence-electron chi connectivity index (χ2n) is 7.10. The van der Waals surface area contributed by atoms with Gasteiger partial charge >= 0.3 is 0 Å². The number of hydrogen-bond donors (Lipinski definition) is 0. The Balaban J connectivity index is 1.62. The van der Waals surface area contributed by atoms with Gasteiger partial charge in [0.1, 0.15) is 11.5 Å². The predicted molar refractivity (Wildman–Crippen MR) is 105 cm³/mol. The first-order valence-electron chi connectivity index (χ1n) is 9.16. The number of hydrogen-bond acceptors (Lipinski definition) is 5. The van der Waals surface area contributed by atoms with E-state index in [4.69, 9.17) is 0 Å². The molecule has 148 valence electrons. The summed E-state index contributed by atoms with van der Waals surface area (Å²) in [4.78, 5) is 12.4. The van der Waals surface area contributed by atoms with E-state index in [0.717, 1.165) is 17.7 Å². The van der Waals surface area contributed by atoms with E-state index in [1.54, 1.807) is 4.90 Å². The number of piperidine rings is 1. The highest BCUT2D eigenvalue weighted by Crippen LogP contribution is 2.36. The highest BCUT2D eigenvalue weighted by molar-refractivity contribution is 7.93. The van der Waals surface area contributed by atoms with Gasteiger partial charge in [-0.05, 0) is 43.0 Å². The predicted octanol–water partition coefficient (Wildman–Crippen LogP) is 3.10. The number of anilines is 2. The molecule has 1 saturated heterocycles. The molecule has 2 aromatic carbocycles. The van der Waals surface area contributed by atoms with Crippen molar-refractivity contribution in [2.75, 3.05) is 28.8 Å². The molecule has 2 heterocycles. The average molecular weight is 405 g/mol. The smallest absolute Gasteiger partial charge is 0.295 e. The van der Waals surface area contributed by atoms with Gasteiger partial charge in [-0.15, -0.1) is 0 Å². The highest BCUT2D eigenvalue weighted by atomic mass is 32.2. The maximum absolute atomic E-state index is 13.5. The van der Waals surface area contributed by atoms with Gasteiger partial charge in [-0.1, -0.05) is 18.2 Å². The Bertz CT molecular complexity index is 1030. The SMILES string of the molecule is O=[N+]([O-])c1cc(F)ccc1N1CCCC(S(=O)(=O)N2CCc3ccccc32)C1. The van der Waals surface area contributed by atoms with E-state index in [9.17, 15) is 22.9 Å². The van der Waals surface area contributed by atoms with Gasteiger partial charge in [-0.3, -0.25) is 14.4 Å². The molecule has 1 fully saturated rings. The lowest BCUT2D eigenvalue weighted by Gasteiger charge is -2.36. The third-order valence-electron chi connectivity index (χ3n) is 5.43. The van der Waals surface area contributed by atoms with Crippen LogP contribution < -0.4 is 9.21 Å². The second kappa shape index (κ2) is 7.05. The zero-order chi connectivity index (χ0) is 19.9. The Morgan fingerprint density at radius 1 is 1.11 bits per heavy atom. The molecule has 2 aliphatic rings. The summed E-state index contributed by atoms with van der Waals surface area (Å²) in [6, 6.07) is 10.9. The summed E-state index contributed by atoms with van der Waals surface area (Å²) in [5, 5.41) is 10.7. The van der Waals surface area contributed by atoms with Gasteiger partial charge in [0.15, 0.2) is 0 Å². The lowest BCUT2D eigenvalue weighted by atomic mass is 10.1. The quantitative estimate of drug-likeness (QED) is 0.577. The van der Waals surface area contributed by atoms with Gasteiger partial charge in [0.05, 0.1) is 21.9 Å². The van der Waals surface area contributed by atoms with Gasteiger partial charge in [0.25, 0.3) is 5.69 Å². The minimum atomic E-state index is -3.61. The molecule has 1 unspecified atom stereocenters. The van der Waals surface area contributed by atoms with Crippen LogP contribution in [0.2, 0.25) is 0 Å². The third kappa shape index (κ3) is 3.19. The second-order valence-corrected chi connectivity index (χ2v) is 9.23. The van der Waals surface area contributed by atoms with Gasteiger partial charge < -0.3 is 4.90 Å². The molecular formula is C19H20FN3O4S. The fourth-order valence-corrected chi connectivity index (χ4v) is 6.05. The van der Waals surface area contributed by atoms with Crippen LogP contribution in [0.15, 0.2) is 42.5 Å². The number of halogens is 1. The molecule has 0 aromatic heterocycles. The molecule has 28 heavy (non-hydrogen) atoms. The van der Waals surface area contributed by atoms with E-state index in [1.165, 1.54) is 10.4 Å². The van der Waals surface area contributed by atoms with E-state index in [0.29, 0.717) is 38.0 Å². The van der Waals surface area contributed by atoms with Gasteiger partial charge in [0.2, 0.25) is 10.0 Å². The normalized spacial score (nSPS) is 19.5. The summed E-state index contributed by atoms with van der Waals surface area (Å²) in [5.41, 5.74) is 1.64. The monoisotopic (exact) mass is 405 g/mol. The standard InChI is InChI=1S/C19H20FN3O4S/c20-15-7-8-18(19(12-15)23(24)25)21-10-3-5-16(13-21)28(26,27)22-11-9-14-4-1-2-6-17(14)22/h1-2,4,6-8,12,16H,3,5,9-11,13H2. The van der Waals surface area contributed by atoms with E-state index >= 15 is 0 Å². The van der Waals surface area contributed by atoms with Crippen molar-refractivity contribution in [2.45, 2.75) is 24.5 Å². The van der Waals surface area contributed by atoms with Crippen LogP contribution in [-0.4, -0.2) is 38.2 Å². The molecule has 7 nitrogen and oxygen atoms in total. The largest absolute Gasteiger partial charge is 0.365 e. The number of rotatable bonds is 4. The molecule has 0 N–H and O–H groups in total. The Kier molecular flexibility index (Phi) is 4.70. The van der Waals surface area contributed by atoms with Crippen LogP contribution in [0.3, 0.4) is 0 Å². The molecule has 9 heteroatoms. The zero-order valence-corrected chi connectivity index (χ0v) is 15.9. The van der Waals surface area contributed by atoms with Crippen molar-refractivity contribution >= 4 is 27.1 Å². The Morgan fingerprint density at radius 2 is 1.89 bits per heavy atom. The number of nitro groups is 1. The van der Waals surface area contributed by atoms with Crippen LogP contribution in [0.4, 0.5) is 21.5 Å². The summed E-state index contributed by atoms with van der Waals surface area (Å²) in [6.45, 7) is 1.05. The molecule has 4 rings (SSSR count). The summed E-state index contributed by atoms with van der Waals surface area (Å²) in [5.74, 6) is -0.690. The fourth-order valence-electron chi connectivity index (χ4n) is 4.06. The van der Waals surface area contributed by atoms with Crippen molar-refractivity contribution in [1.29, 1.82) is 0 Å². The summed E-state index contributed by atoms with van der Waals surface area (Å²) >= 11 is 0. The Hall–Kier alpha value is -2.68. The van der Waals surface area contributed by atoms with Crippen LogP contribution in [0.5, 0.6) is 0 Å². The number of para-hydroxylation sites is 1. The van der Waals surface area contributed by atoms with E-state index in [2.05, 4.69) is 0 Å². The molecule has 2 aliphatic heterocycles. The highest BCUT2D eigenvalue weighted by Gasteiger charge is 2.39. The van der Waals surface area contributed by atoms with Crippen molar-refractivity contribution in [1.82, 2.24) is 0 Å². The molecule has 0 radical (unpaired) electrons. The first-order chi connectivity index (χ1) is 13.4. The number of sulfonamides is 1. The molecule has 0 bridgehead atoms. The fraction of sp³-hybridized carbons (Fsp3) is 0.368. The summed E-state index contributed by atoms with van der Waals surface area (Å²) in [7, 11) is -3.61. The lowest BCUT2D eigenvalue weighted by Crippen LogP contribution is -2.48.